The number of ether oxygens (including phenoxy) is 3. The number of halogens is 1. The lowest BCUT2D eigenvalue weighted by atomic mass is 9.91. The minimum Gasteiger partial charge on any atom is -0.493 e. The molecule has 19 heavy (non-hydrogen) atoms. The SMILES string of the molecule is CCC(CC1OC1C)c1cc(OC)c(OC)cc1Cl. The third-order valence-corrected chi connectivity index (χ3v) is 4.12. The highest BCUT2D eigenvalue weighted by molar-refractivity contribution is 6.31. The molecule has 1 aliphatic rings. The summed E-state index contributed by atoms with van der Waals surface area (Å²) < 4.78 is 16.1. The molecule has 1 saturated heterocycles. The summed E-state index contributed by atoms with van der Waals surface area (Å²) in [6.45, 7) is 4.28. The van der Waals surface area contributed by atoms with Gasteiger partial charge in [-0.2, -0.15) is 0 Å². The molecule has 3 atom stereocenters. The first-order valence-corrected chi connectivity index (χ1v) is 7.05. The molecule has 0 N–H and O–H groups in total. The summed E-state index contributed by atoms with van der Waals surface area (Å²) >= 11 is 6.37. The van der Waals surface area contributed by atoms with Gasteiger partial charge in [-0.3, -0.25) is 0 Å². The van der Waals surface area contributed by atoms with Crippen molar-refractivity contribution in [3.63, 3.8) is 0 Å². The van der Waals surface area contributed by atoms with E-state index in [0.29, 0.717) is 23.9 Å². The van der Waals surface area contributed by atoms with Crippen LogP contribution in [0.1, 0.15) is 38.2 Å². The first kappa shape index (κ1) is 14.5. The van der Waals surface area contributed by atoms with Gasteiger partial charge in [0, 0.05) is 11.1 Å². The van der Waals surface area contributed by atoms with Crippen LogP contribution in [0.5, 0.6) is 11.5 Å². The Morgan fingerprint density at radius 2 is 1.84 bits per heavy atom. The molecule has 106 valence electrons. The van der Waals surface area contributed by atoms with Crippen molar-refractivity contribution >= 4 is 11.6 Å². The molecule has 0 radical (unpaired) electrons. The highest BCUT2D eigenvalue weighted by Crippen LogP contribution is 2.41. The molecule has 4 heteroatoms. The van der Waals surface area contributed by atoms with Gasteiger partial charge in [0.2, 0.25) is 0 Å². The molecule has 0 aliphatic carbocycles. The molecule has 1 heterocycles. The Bertz CT molecular complexity index is 447. The second-order valence-electron chi connectivity index (χ2n) is 4.95. The maximum Gasteiger partial charge on any atom is 0.162 e. The minimum atomic E-state index is 0.370. The molecular formula is C15H21ClO3. The topological polar surface area (TPSA) is 31.0 Å². The number of benzene rings is 1. The predicted molar refractivity (Wildman–Crippen MR) is 76.5 cm³/mol. The van der Waals surface area contributed by atoms with E-state index in [2.05, 4.69) is 13.8 Å². The second kappa shape index (κ2) is 6.02. The van der Waals surface area contributed by atoms with Crippen LogP contribution in [-0.2, 0) is 4.74 Å². The second-order valence-corrected chi connectivity index (χ2v) is 5.36. The molecule has 0 saturated carbocycles. The fraction of sp³-hybridized carbons (Fsp3) is 0.600. The summed E-state index contributed by atoms with van der Waals surface area (Å²) in [5.74, 6) is 1.79. The average molecular weight is 285 g/mol. The summed E-state index contributed by atoms with van der Waals surface area (Å²) in [5.41, 5.74) is 1.12. The molecular weight excluding hydrogens is 264 g/mol. The first-order valence-electron chi connectivity index (χ1n) is 6.67. The number of hydrogen-bond acceptors (Lipinski definition) is 3. The zero-order valence-electron chi connectivity index (χ0n) is 11.9. The molecule has 1 aromatic carbocycles. The lowest BCUT2D eigenvalue weighted by Crippen LogP contribution is -2.05. The first-order chi connectivity index (χ1) is 9.10. The molecule has 1 aliphatic heterocycles. The van der Waals surface area contributed by atoms with Crippen molar-refractivity contribution in [3.05, 3.63) is 22.7 Å². The summed E-state index contributed by atoms with van der Waals surface area (Å²) in [6.07, 6.45) is 2.79. The van der Waals surface area contributed by atoms with Gasteiger partial charge in [-0.05, 0) is 37.3 Å². The summed E-state index contributed by atoms with van der Waals surface area (Å²) in [6, 6.07) is 3.82. The Kier molecular flexibility index (Phi) is 4.58. The zero-order valence-corrected chi connectivity index (χ0v) is 12.7. The van der Waals surface area contributed by atoms with E-state index in [1.54, 1.807) is 14.2 Å². The van der Waals surface area contributed by atoms with Crippen LogP contribution >= 0.6 is 11.6 Å². The number of methoxy groups -OCH3 is 2. The van der Waals surface area contributed by atoms with Crippen LogP contribution in [0.25, 0.3) is 0 Å². The van der Waals surface area contributed by atoms with Crippen molar-refractivity contribution in [1.82, 2.24) is 0 Å². The van der Waals surface area contributed by atoms with Gasteiger partial charge in [0.15, 0.2) is 11.5 Å². The standard InChI is InChI=1S/C15H21ClO3/c1-5-10(6-13-9(2)19-13)11-7-14(17-3)15(18-4)8-12(11)16/h7-10,13H,5-6H2,1-4H3. The Labute approximate surface area is 119 Å². The molecule has 1 fully saturated rings. The average Bonchev–Trinajstić information content (AvgIpc) is 3.11. The Morgan fingerprint density at radius 3 is 2.32 bits per heavy atom. The van der Waals surface area contributed by atoms with Gasteiger partial charge in [-0.1, -0.05) is 18.5 Å². The van der Waals surface area contributed by atoms with Crippen molar-refractivity contribution in [2.75, 3.05) is 14.2 Å². The molecule has 3 unspecified atom stereocenters. The highest BCUT2D eigenvalue weighted by Gasteiger charge is 2.36. The van der Waals surface area contributed by atoms with E-state index >= 15 is 0 Å². The van der Waals surface area contributed by atoms with Gasteiger partial charge in [-0.15, -0.1) is 0 Å². The van der Waals surface area contributed by atoms with Gasteiger partial charge in [0.05, 0.1) is 26.4 Å². The maximum atomic E-state index is 6.37. The third kappa shape index (κ3) is 3.15. The van der Waals surface area contributed by atoms with E-state index in [4.69, 9.17) is 25.8 Å². The molecule has 1 aromatic rings. The molecule has 0 bridgehead atoms. The van der Waals surface area contributed by atoms with Crippen molar-refractivity contribution in [3.8, 4) is 11.5 Å². The van der Waals surface area contributed by atoms with E-state index in [0.717, 1.165) is 29.2 Å². The molecule has 0 amide bonds. The Hall–Kier alpha value is -0.930. The van der Waals surface area contributed by atoms with Crippen LogP contribution < -0.4 is 9.47 Å². The fourth-order valence-electron chi connectivity index (χ4n) is 2.45. The van der Waals surface area contributed by atoms with Crippen LogP contribution in [0.2, 0.25) is 5.02 Å². The van der Waals surface area contributed by atoms with Crippen molar-refractivity contribution < 1.29 is 14.2 Å². The van der Waals surface area contributed by atoms with Gasteiger partial charge < -0.3 is 14.2 Å². The Morgan fingerprint density at radius 1 is 1.26 bits per heavy atom. The maximum absolute atomic E-state index is 6.37. The van der Waals surface area contributed by atoms with Crippen LogP contribution in [0.3, 0.4) is 0 Å². The van der Waals surface area contributed by atoms with Gasteiger partial charge in [0.1, 0.15) is 0 Å². The monoisotopic (exact) mass is 284 g/mol. The van der Waals surface area contributed by atoms with Gasteiger partial charge in [0.25, 0.3) is 0 Å². The van der Waals surface area contributed by atoms with E-state index in [1.165, 1.54) is 0 Å². The summed E-state index contributed by atoms with van der Waals surface area (Å²) in [7, 11) is 3.26. The van der Waals surface area contributed by atoms with Crippen LogP contribution in [0.4, 0.5) is 0 Å². The summed E-state index contributed by atoms with van der Waals surface area (Å²) in [5, 5.41) is 0.734. The van der Waals surface area contributed by atoms with Crippen LogP contribution in [0, 0.1) is 0 Å². The lowest BCUT2D eigenvalue weighted by molar-refractivity contribution is 0.350. The van der Waals surface area contributed by atoms with E-state index < -0.39 is 0 Å². The highest BCUT2D eigenvalue weighted by atomic mass is 35.5. The summed E-state index contributed by atoms with van der Waals surface area (Å²) in [4.78, 5) is 0. The number of rotatable bonds is 6. The fourth-order valence-corrected chi connectivity index (χ4v) is 2.76. The predicted octanol–water partition coefficient (Wildman–Crippen LogP) is 4.03. The Balaban J connectivity index is 2.25. The zero-order chi connectivity index (χ0) is 14.0. The van der Waals surface area contributed by atoms with Gasteiger partial charge >= 0.3 is 0 Å². The third-order valence-electron chi connectivity index (χ3n) is 3.79. The van der Waals surface area contributed by atoms with Crippen LogP contribution in [-0.4, -0.2) is 26.4 Å². The van der Waals surface area contributed by atoms with Gasteiger partial charge in [-0.25, -0.2) is 0 Å². The van der Waals surface area contributed by atoms with Crippen molar-refractivity contribution in [1.29, 1.82) is 0 Å². The quantitative estimate of drug-likeness (QED) is 0.739. The molecule has 2 rings (SSSR count). The smallest absolute Gasteiger partial charge is 0.162 e. The largest absolute Gasteiger partial charge is 0.493 e. The number of hydrogen-bond donors (Lipinski definition) is 0. The van der Waals surface area contributed by atoms with Crippen molar-refractivity contribution in [2.45, 2.75) is 44.8 Å². The molecule has 3 nitrogen and oxygen atoms in total. The van der Waals surface area contributed by atoms with E-state index in [1.807, 2.05) is 12.1 Å². The molecule has 0 spiro atoms. The van der Waals surface area contributed by atoms with Crippen molar-refractivity contribution in [2.24, 2.45) is 0 Å². The number of epoxide rings is 1. The van der Waals surface area contributed by atoms with E-state index in [-0.39, 0.29) is 0 Å². The lowest BCUT2D eigenvalue weighted by Gasteiger charge is -2.18. The molecule has 0 aromatic heterocycles. The minimum absolute atomic E-state index is 0.370. The van der Waals surface area contributed by atoms with Crippen LogP contribution in [0.15, 0.2) is 12.1 Å². The normalized spacial score (nSPS) is 23.0. The van der Waals surface area contributed by atoms with E-state index in [9.17, 15) is 0 Å².